The number of imidazole rings is 1. The van der Waals surface area contributed by atoms with Crippen LogP contribution in [-0.2, 0) is 6.54 Å². The van der Waals surface area contributed by atoms with Gasteiger partial charge in [0.1, 0.15) is 17.2 Å². The van der Waals surface area contributed by atoms with Crippen molar-refractivity contribution >= 4 is 11.0 Å². The highest BCUT2D eigenvalue weighted by Gasteiger charge is 2.30. The monoisotopic (exact) mass is 236 g/mol. The lowest BCUT2D eigenvalue weighted by molar-refractivity contribution is 0.575. The minimum absolute atomic E-state index is 0.0561. The molecule has 1 saturated carbocycles. The van der Waals surface area contributed by atoms with Crippen LogP contribution >= 0.6 is 0 Å². The van der Waals surface area contributed by atoms with E-state index in [9.17, 15) is 8.78 Å². The fraction of sp³-hybridized carbons (Fsp3) is 0.462. The zero-order valence-corrected chi connectivity index (χ0v) is 9.93. The van der Waals surface area contributed by atoms with Gasteiger partial charge < -0.3 is 4.57 Å². The van der Waals surface area contributed by atoms with Gasteiger partial charge in [-0.1, -0.05) is 0 Å². The first-order valence-corrected chi connectivity index (χ1v) is 5.98. The molecule has 0 atom stereocenters. The topological polar surface area (TPSA) is 17.8 Å². The van der Waals surface area contributed by atoms with Gasteiger partial charge in [0, 0.05) is 24.1 Å². The summed E-state index contributed by atoms with van der Waals surface area (Å²) in [6.07, 6.45) is 2.21. The first kappa shape index (κ1) is 10.7. The summed E-state index contributed by atoms with van der Waals surface area (Å²) in [5.74, 6) is 0.331. The summed E-state index contributed by atoms with van der Waals surface area (Å²) in [4.78, 5) is 4.37. The second-order valence-corrected chi connectivity index (χ2v) is 4.65. The molecule has 0 unspecified atom stereocenters. The van der Waals surface area contributed by atoms with Crippen molar-refractivity contribution in [2.24, 2.45) is 0 Å². The van der Waals surface area contributed by atoms with E-state index in [-0.39, 0.29) is 5.56 Å². The number of hydrogen-bond donors (Lipinski definition) is 0. The van der Waals surface area contributed by atoms with Crippen LogP contribution in [0.4, 0.5) is 8.78 Å². The molecule has 3 rings (SSSR count). The average Bonchev–Trinajstić information content (AvgIpc) is 3.09. The van der Waals surface area contributed by atoms with Gasteiger partial charge >= 0.3 is 0 Å². The van der Waals surface area contributed by atoms with Crippen LogP contribution in [0.5, 0.6) is 0 Å². The van der Waals surface area contributed by atoms with Crippen LogP contribution < -0.4 is 0 Å². The summed E-state index contributed by atoms with van der Waals surface area (Å²) in [6.45, 7) is 4.12. The van der Waals surface area contributed by atoms with Crippen LogP contribution in [-0.4, -0.2) is 9.55 Å². The number of benzene rings is 1. The fourth-order valence-corrected chi connectivity index (χ4v) is 2.29. The molecule has 1 aromatic heterocycles. The molecule has 1 aliphatic rings. The van der Waals surface area contributed by atoms with Gasteiger partial charge in [0.05, 0.1) is 5.52 Å². The van der Waals surface area contributed by atoms with E-state index in [1.54, 1.807) is 0 Å². The molecule has 2 nitrogen and oxygen atoms in total. The van der Waals surface area contributed by atoms with E-state index >= 15 is 0 Å². The van der Waals surface area contributed by atoms with E-state index < -0.39 is 11.6 Å². The van der Waals surface area contributed by atoms with Crippen LogP contribution in [0.3, 0.4) is 0 Å². The molecule has 4 heteroatoms. The van der Waals surface area contributed by atoms with Crippen LogP contribution in [0.2, 0.25) is 0 Å². The third-order valence-electron chi connectivity index (χ3n) is 3.45. The molecule has 2 aromatic rings. The number of hydrogen-bond acceptors (Lipinski definition) is 1. The molecular weight excluding hydrogens is 222 g/mol. The lowest BCUT2D eigenvalue weighted by atomic mass is 10.2. The Balaban J connectivity index is 2.36. The van der Waals surface area contributed by atoms with Crippen molar-refractivity contribution < 1.29 is 8.78 Å². The van der Waals surface area contributed by atoms with Gasteiger partial charge in [-0.25, -0.2) is 13.8 Å². The lowest BCUT2D eigenvalue weighted by Gasteiger charge is -2.05. The van der Waals surface area contributed by atoms with Gasteiger partial charge in [0.15, 0.2) is 5.82 Å². The Bertz CT molecular complexity index is 597. The van der Waals surface area contributed by atoms with Crippen molar-refractivity contribution in [3.05, 3.63) is 29.1 Å². The summed E-state index contributed by atoms with van der Waals surface area (Å²) in [5.41, 5.74) is 0.947. The zero-order valence-electron chi connectivity index (χ0n) is 9.93. The second kappa shape index (κ2) is 3.52. The quantitative estimate of drug-likeness (QED) is 0.780. The molecular formula is C13H14F2N2. The standard InChI is InChI=1S/C13H14F2N2/c1-3-17-10-6-9(14)7(2)11(15)12(10)16-13(17)8-4-5-8/h6,8H,3-5H2,1-2H3. The molecule has 1 aliphatic carbocycles. The predicted octanol–water partition coefficient (Wildman–Crippen LogP) is 3.52. The Labute approximate surface area is 98.3 Å². The number of aryl methyl sites for hydroxylation is 1. The SMILES string of the molecule is CCn1c(C2CC2)nc2c(F)c(C)c(F)cc21. The minimum atomic E-state index is -0.519. The highest BCUT2D eigenvalue weighted by Crippen LogP contribution is 2.41. The van der Waals surface area contributed by atoms with E-state index in [1.165, 1.54) is 13.0 Å². The molecule has 0 bridgehead atoms. The van der Waals surface area contributed by atoms with E-state index in [2.05, 4.69) is 4.98 Å². The molecule has 17 heavy (non-hydrogen) atoms. The molecule has 1 aromatic carbocycles. The van der Waals surface area contributed by atoms with Crippen LogP contribution in [0, 0.1) is 18.6 Å². The van der Waals surface area contributed by atoms with Crippen molar-refractivity contribution in [1.82, 2.24) is 9.55 Å². The maximum absolute atomic E-state index is 14.0. The first-order valence-electron chi connectivity index (χ1n) is 5.98. The van der Waals surface area contributed by atoms with E-state index in [0.717, 1.165) is 18.7 Å². The number of halogens is 2. The minimum Gasteiger partial charge on any atom is -0.328 e. The highest BCUT2D eigenvalue weighted by molar-refractivity contribution is 5.78. The number of fused-ring (bicyclic) bond motifs is 1. The van der Waals surface area contributed by atoms with Crippen LogP contribution in [0.25, 0.3) is 11.0 Å². The Hall–Kier alpha value is -1.45. The molecule has 1 fully saturated rings. The smallest absolute Gasteiger partial charge is 0.156 e. The largest absolute Gasteiger partial charge is 0.328 e. The van der Waals surface area contributed by atoms with Crippen molar-refractivity contribution in [1.29, 1.82) is 0 Å². The van der Waals surface area contributed by atoms with Gasteiger partial charge in [0.25, 0.3) is 0 Å². The van der Waals surface area contributed by atoms with Gasteiger partial charge in [-0.2, -0.15) is 0 Å². The van der Waals surface area contributed by atoms with Crippen molar-refractivity contribution in [3.8, 4) is 0 Å². The molecule has 90 valence electrons. The van der Waals surface area contributed by atoms with Crippen molar-refractivity contribution in [3.63, 3.8) is 0 Å². The molecule has 0 aliphatic heterocycles. The van der Waals surface area contributed by atoms with Crippen molar-refractivity contribution in [2.45, 2.75) is 39.2 Å². The van der Waals surface area contributed by atoms with E-state index in [1.807, 2.05) is 11.5 Å². The lowest BCUT2D eigenvalue weighted by Crippen LogP contribution is -2.00. The Kier molecular flexibility index (Phi) is 2.21. The molecule has 0 saturated heterocycles. The van der Waals surface area contributed by atoms with Crippen LogP contribution in [0.1, 0.15) is 37.1 Å². The van der Waals surface area contributed by atoms with Gasteiger partial charge in [-0.3, -0.25) is 0 Å². The first-order chi connectivity index (χ1) is 8.13. The van der Waals surface area contributed by atoms with Crippen LogP contribution in [0.15, 0.2) is 6.07 Å². The second-order valence-electron chi connectivity index (χ2n) is 4.65. The Morgan fingerprint density at radius 1 is 1.41 bits per heavy atom. The van der Waals surface area contributed by atoms with Gasteiger partial charge in [-0.15, -0.1) is 0 Å². The number of nitrogens with zero attached hydrogens (tertiary/aromatic N) is 2. The fourth-order valence-electron chi connectivity index (χ4n) is 2.29. The van der Waals surface area contributed by atoms with Gasteiger partial charge in [0.2, 0.25) is 0 Å². The Morgan fingerprint density at radius 2 is 2.12 bits per heavy atom. The van der Waals surface area contributed by atoms with Crippen molar-refractivity contribution in [2.75, 3.05) is 0 Å². The average molecular weight is 236 g/mol. The summed E-state index contributed by atoms with van der Waals surface area (Å²) < 4.78 is 29.5. The normalized spacial score (nSPS) is 15.8. The molecule has 0 N–H and O–H groups in total. The van der Waals surface area contributed by atoms with E-state index in [0.29, 0.717) is 23.5 Å². The third-order valence-corrected chi connectivity index (χ3v) is 3.45. The maximum atomic E-state index is 14.0. The summed E-state index contributed by atoms with van der Waals surface area (Å²) in [7, 11) is 0. The predicted molar refractivity (Wildman–Crippen MR) is 62.0 cm³/mol. The molecule has 0 spiro atoms. The zero-order chi connectivity index (χ0) is 12.2. The summed E-state index contributed by atoms with van der Waals surface area (Å²) >= 11 is 0. The maximum Gasteiger partial charge on any atom is 0.156 e. The molecule has 0 amide bonds. The third kappa shape index (κ3) is 1.47. The molecule has 0 radical (unpaired) electrons. The number of aromatic nitrogens is 2. The molecule has 1 heterocycles. The highest BCUT2D eigenvalue weighted by atomic mass is 19.1. The summed E-state index contributed by atoms with van der Waals surface area (Å²) in [5, 5.41) is 0. The number of rotatable bonds is 2. The van der Waals surface area contributed by atoms with E-state index in [4.69, 9.17) is 0 Å². The summed E-state index contributed by atoms with van der Waals surface area (Å²) in [6, 6.07) is 1.40. The Morgan fingerprint density at radius 3 is 2.71 bits per heavy atom. The van der Waals surface area contributed by atoms with Gasteiger partial charge in [-0.05, 0) is 26.7 Å².